The predicted molar refractivity (Wildman–Crippen MR) is 138 cm³/mol. The van der Waals surface area contributed by atoms with Gasteiger partial charge in [0.1, 0.15) is 0 Å². The smallest absolute Gasteiger partial charge is 0.317 e. The lowest BCUT2D eigenvalue weighted by Crippen LogP contribution is -2.53. The number of benzene rings is 2. The van der Waals surface area contributed by atoms with Crippen molar-refractivity contribution in [3.05, 3.63) is 70.2 Å². The van der Waals surface area contributed by atoms with Crippen molar-refractivity contribution in [3.63, 3.8) is 0 Å². The van der Waals surface area contributed by atoms with Crippen molar-refractivity contribution in [2.75, 3.05) is 39.3 Å². The van der Waals surface area contributed by atoms with Crippen LogP contribution in [0.5, 0.6) is 0 Å². The zero-order chi connectivity index (χ0) is 23.8. The van der Waals surface area contributed by atoms with Gasteiger partial charge in [0.25, 0.3) is 0 Å². The summed E-state index contributed by atoms with van der Waals surface area (Å²) in [6.07, 6.45) is 6.41. The van der Waals surface area contributed by atoms with Crippen LogP contribution in [0.25, 0.3) is 0 Å². The van der Waals surface area contributed by atoms with E-state index >= 15 is 0 Å². The Labute approximate surface area is 209 Å². The normalized spacial score (nSPS) is 18.6. The minimum absolute atomic E-state index is 0.0514. The molecule has 2 fully saturated rings. The van der Waals surface area contributed by atoms with Crippen molar-refractivity contribution in [1.82, 2.24) is 15.1 Å². The molecule has 1 saturated carbocycles. The number of hydrogen-bond acceptors (Lipinski definition) is 3. The van der Waals surface area contributed by atoms with Gasteiger partial charge in [0.05, 0.1) is 12.7 Å². The number of nitrogens with one attached hydrogen (secondary N) is 1. The average molecular weight is 484 g/mol. The molecular weight excluding hydrogens is 446 g/mol. The summed E-state index contributed by atoms with van der Waals surface area (Å²) < 4.78 is 6.41. The number of amides is 2. The lowest BCUT2D eigenvalue weighted by molar-refractivity contribution is 0.00552. The third-order valence-electron chi connectivity index (χ3n) is 7.13. The van der Waals surface area contributed by atoms with Gasteiger partial charge < -0.3 is 15.0 Å². The number of urea groups is 1. The molecule has 1 heterocycles. The van der Waals surface area contributed by atoms with E-state index in [0.29, 0.717) is 12.5 Å². The van der Waals surface area contributed by atoms with Crippen LogP contribution < -0.4 is 5.32 Å². The van der Waals surface area contributed by atoms with Crippen LogP contribution in [0, 0.1) is 12.8 Å². The predicted octanol–water partition coefficient (Wildman–Crippen LogP) is 5.81. The standard InChI is InChI=1S/C28H38ClN3O2/c1-22-6-5-9-24(18-22)21-34-27(25-10-12-26(29)13-11-25)20-31-14-16-32(17-15-31)28(33)30-19-23-7-3-2-4-8-23/h5-6,9-13,18,23,27H,2-4,7-8,14-17,19-21H2,1H3,(H,30,33)/t27-/m1/s1. The molecule has 2 amide bonds. The van der Waals surface area contributed by atoms with Crippen molar-refractivity contribution in [2.45, 2.75) is 51.7 Å². The van der Waals surface area contributed by atoms with E-state index in [1.807, 2.05) is 17.0 Å². The van der Waals surface area contributed by atoms with Crippen LogP contribution in [-0.4, -0.2) is 55.1 Å². The number of aryl methyl sites for hydroxylation is 1. The van der Waals surface area contributed by atoms with Crippen molar-refractivity contribution in [1.29, 1.82) is 0 Å². The fraction of sp³-hybridized carbons (Fsp3) is 0.536. The summed E-state index contributed by atoms with van der Waals surface area (Å²) in [5.41, 5.74) is 3.55. The lowest BCUT2D eigenvalue weighted by atomic mass is 9.89. The van der Waals surface area contributed by atoms with Crippen LogP contribution >= 0.6 is 11.6 Å². The number of halogens is 1. The highest BCUT2D eigenvalue weighted by molar-refractivity contribution is 6.30. The van der Waals surface area contributed by atoms with Crippen LogP contribution in [0.15, 0.2) is 48.5 Å². The number of carbonyl (C=O) groups is 1. The van der Waals surface area contributed by atoms with Crippen molar-refractivity contribution in [2.24, 2.45) is 5.92 Å². The maximum absolute atomic E-state index is 12.7. The van der Waals surface area contributed by atoms with Crippen molar-refractivity contribution >= 4 is 17.6 Å². The number of rotatable bonds is 8. The Bertz CT molecular complexity index is 906. The Kier molecular flexibility index (Phi) is 9.25. The summed E-state index contributed by atoms with van der Waals surface area (Å²) in [6, 6.07) is 16.5. The number of ether oxygens (including phenoxy) is 1. The quantitative estimate of drug-likeness (QED) is 0.515. The van der Waals surface area contributed by atoms with Crippen LogP contribution in [0.2, 0.25) is 5.02 Å². The molecule has 0 unspecified atom stereocenters. The van der Waals surface area contributed by atoms with E-state index in [0.717, 1.165) is 49.9 Å². The van der Waals surface area contributed by atoms with E-state index < -0.39 is 0 Å². The molecule has 184 valence electrons. The molecule has 6 heteroatoms. The first kappa shape index (κ1) is 25.0. The summed E-state index contributed by atoms with van der Waals surface area (Å²) >= 11 is 6.12. The summed E-state index contributed by atoms with van der Waals surface area (Å²) in [5, 5.41) is 3.91. The number of carbonyl (C=O) groups excluding carboxylic acids is 1. The molecule has 0 radical (unpaired) electrons. The van der Waals surface area contributed by atoms with E-state index in [4.69, 9.17) is 16.3 Å². The second-order valence-corrected chi connectivity index (χ2v) is 10.3. The Hall–Kier alpha value is -2.08. The highest BCUT2D eigenvalue weighted by atomic mass is 35.5. The Morgan fingerprint density at radius 3 is 2.50 bits per heavy atom. The summed E-state index contributed by atoms with van der Waals surface area (Å²) in [5.74, 6) is 0.657. The molecular formula is C28H38ClN3O2. The van der Waals surface area contributed by atoms with Gasteiger partial charge in [-0.1, -0.05) is 72.8 Å². The summed E-state index contributed by atoms with van der Waals surface area (Å²) in [6.45, 7) is 7.51. The van der Waals surface area contributed by atoms with Gasteiger partial charge in [0.2, 0.25) is 0 Å². The van der Waals surface area contributed by atoms with Crippen LogP contribution in [0.1, 0.15) is 54.9 Å². The first-order chi connectivity index (χ1) is 16.6. The summed E-state index contributed by atoms with van der Waals surface area (Å²) in [7, 11) is 0. The topological polar surface area (TPSA) is 44.8 Å². The SMILES string of the molecule is Cc1cccc(CO[C@H](CN2CCN(C(=O)NCC3CCCCC3)CC2)c2ccc(Cl)cc2)c1. The van der Waals surface area contributed by atoms with Gasteiger partial charge in [-0.3, -0.25) is 4.90 Å². The zero-order valence-electron chi connectivity index (χ0n) is 20.3. The minimum Gasteiger partial charge on any atom is -0.368 e. The fourth-order valence-electron chi connectivity index (χ4n) is 5.03. The molecule has 1 aliphatic heterocycles. The van der Waals surface area contributed by atoms with Gasteiger partial charge in [-0.15, -0.1) is 0 Å². The molecule has 1 saturated heterocycles. The maximum atomic E-state index is 12.7. The molecule has 2 aromatic rings. The largest absolute Gasteiger partial charge is 0.368 e. The molecule has 1 aliphatic carbocycles. The monoisotopic (exact) mass is 483 g/mol. The van der Waals surface area contributed by atoms with E-state index in [-0.39, 0.29) is 12.1 Å². The minimum atomic E-state index is -0.0514. The van der Waals surface area contributed by atoms with Crippen LogP contribution in [0.4, 0.5) is 4.79 Å². The Morgan fingerprint density at radius 1 is 1.06 bits per heavy atom. The Morgan fingerprint density at radius 2 is 1.79 bits per heavy atom. The second-order valence-electron chi connectivity index (χ2n) is 9.82. The Balaban J connectivity index is 1.29. The molecule has 5 nitrogen and oxygen atoms in total. The van der Waals surface area contributed by atoms with Crippen LogP contribution in [0.3, 0.4) is 0 Å². The maximum Gasteiger partial charge on any atom is 0.317 e. The average Bonchev–Trinajstić information content (AvgIpc) is 2.87. The molecule has 34 heavy (non-hydrogen) atoms. The van der Waals surface area contributed by atoms with Crippen molar-refractivity contribution in [3.8, 4) is 0 Å². The number of piperazine rings is 1. The first-order valence-corrected chi connectivity index (χ1v) is 13.1. The van der Waals surface area contributed by atoms with E-state index in [1.54, 1.807) is 0 Å². The van der Waals surface area contributed by atoms with Crippen LogP contribution in [-0.2, 0) is 11.3 Å². The van der Waals surface area contributed by atoms with Gasteiger partial charge in [-0.05, 0) is 48.9 Å². The second kappa shape index (κ2) is 12.6. The molecule has 0 aromatic heterocycles. The van der Waals surface area contributed by atoms with Gasteiger partial charge in [0, 0.05) is 44.3 Å². The van der Waals surface area contributed by atoms with E-state index in [2.05, 4.69) is 53.5 Å². The molecule has 4 rings (SSSR count). The number of nitrogens with zero attached hydrogens (tertiary/aromatic N) is 2. The molecule has 1 N–H and O–H groups in total. The molecule has 2 aromatic carbocycles. The molecule has 0 spiro atoms. The van der Waals surface area contributed by atoms with E-state index in [9.17, 15) is 4.79 Å². The zero-order valence-corrected chi connectivity index (χ0v) is 21.1. The van der Waals surface area contributed by atoms with Gasteiger partial charge in [-0.2, -0.15) is 0 Å². The summed E-state index contributed by atoms with van der Waals surface area (Å²) in [4.78, 5) is 17.0. The van der Waals surface area contributed by atoms with E-state index in [1.165, 1.54) is 43.2 Å². The first-order valence-electron chi connectivity index (χ1n) is 12.7. The van der Waals surface area contributed by atoms with Crippen molar-refractivity contribution < 1.29 is 9.53 Å². The molecule has 0 bridgehead atoms. The highest BCUT2D eigenvalue weighted by Crippen LogP contribution is 2.24. The molecule has 2 aliphatic rings. The van der Waals surface area contributed by atoms with Gasteiger partial charge >= 0.3 is 6.03 Å². The lowest BCUT2D eigenvalue weighted by Gasteiger charge is -2.36. The fourth-order valence-corrected chi connectivity index (χ4v) is 5.16. The number of hydrogen-bond donors (Lipinski definition) is 1. The third kappa shape index (κ3) is 7.46. The third-order valence-corrected chi connectivity index (χ3v) is 7.38. The molecule has 1 atom stereocenters. The van der Waals surface area contributed by atoms with Gasteiger partial charge in [-0.25, -0.2) is 4.79 Å². The van der Waals surface area contributed by atoms with Gasteiger partial charge in [0.15, 0.2) is 0 Å². The highest BCUT2D eigenvalue weighted by Gasteiger charge is 2.25.